The quantitative estimate of drug-likeness (QED) is 0.762. The Kier molecular flexibility index (Phi) is 8.04. The normalized spacial score (nSPS) is 21.2. The lowest BCUT2D eigenvalue weighted by molar-refractivity contribution is -0.136. The second-order valence-electron chi connectivity index (χ2n) is 8.33. The summed E-state index contributed by atoms with van der Waals surface area (Å²) in [5.41, 5.74) is 0.629. The lowest BCUT2D eigenvalue weighted by Crippen LogP contribution is -2.49. The van der Waals surface area contributed by atoms with Crippen LogP contribution < -0.4 is 5.32 Å². The van der Waals surface area contributed by atoms with Gasteiger partial charge in [-0.1, -0.05) is 25.1 Å². The van der Waals surface area contributed by atoms with Gasteiger partial charge in [0.05, 0.1) is 6.54 Å². The first-order valence-corrected chi connectivity index (χ1v) is 11.1. The van der Waals surface area contributed by atoms with Gasteiger partial charge < -0.3 is 10.2 Å². The SMILES string of the molecule is CCC1CCCCN1C(=O)CN1CCC(C(=O)NCCc2ccccc2F)CC1. The summed E-state index contributed by atoms with van der Waals surface area (Å²) in [5, 5.41) is 2.95. The average Bonchev–Trinajstić information content (AvgIpc) is 2.75. The number of benzene rings is 1. The van der Waals surface area contributed by atoms with E-state index in [1.54, 1.807) is 12.1 Å². The van der Waals surface area contributed by atoms with Crippen LogP contribution in [0.25, 0.3) is 0 Å². The average molecular weight is 404 g/mol. The Morgan fingerprint density at radius 2 is 1.86 bits per heavy atom. The maximum absolute atomic E-state index is 13.6. The molecule has 1 atom stereocenters. The highest BCUT2D eigenvalue weighted by atomic mass is 19.1. The van der Waals surface area contributed by atoms with Crippen LogP contribution in [0.4, 0.5) is 4.39 Å². The summed E-state index contributed by atoms with van der Waals surface area (Å²) in [6.07, 6.45) is 6.53. The highest BCUT2D eigenvalue weighted by Gasteiger charge is 2.29. The van der Waals surface area contributed by atoms with E-state index in [-0.39, 0.29) is 23.5 Å². The monoisotopic (exact) mass is 403 g/mol. The van der Waals surface area contributed by atoms with Crippen molar-refractivity contribution < 1.29 is 14.0 Å². The molecule has 0 bridgehead atoms. The number of amides is 2. The van der Waals surface area contributed by atoms with Gasteiger partial charge in [-0.3, -0.25) is 14.5 Å². The number of hydrogen-bond donors (Lipinski definition) is 1. The van der Waals surface area contributed by atoms with Gasteiger partial charge in [0, 0.05) is 25.0 Å². The van der Waals surface area contributed by atoms with E-state index in [9.17, 15) is 14.0 Å². The largest absolute Gasteiger partial charge is 0.356 e. The zero-order chi connectivity index (χ0) is 20.6. The van der Waals surface area contributed by atoms with Crippen molar-refractivity contribution in [2.75, 3.05) is 32.7 Å². The molecule has 0 spiro atoms. The molecule has 2 amide bonds. The van der Waals surface area contributed by atoms with Crippen molar-refractivity contribution in [2.45, 2.75) is 57.9 Å². The Labute approximate surface area is 173 Å². The van der Waals surface area contributed by atoms with Crippen LogP contribution in [-0.2, 0) is 16.0 Å². The summed E-state index contributed by atoms with van der Waals surface area (Å²) < 4.78 is 13.6. The van der Waals surface area contributed by atoms with E-state index in [1.807, 2.05) is 6.07 Å². The molecule has 6 heteroatoms. The zero-order valence-electron chi connectivity index (χ0n) is 17.5. The smallest absolute Gasteiger partial charge is 0.236 e. The Bertz CT molecular complexity index is 688. The van der Waals surface area contributed by atoms with Gasteiger partial charge in [0.1, 0.15) is 5.82 Å². The van der Waals surface area contributed by atoms with Crippen LogP contribution in [0.2, 0.25) is 0 Å². The van der Waals surface area contributed by atoms with Gasteiger partial charge in [-0.25, -0.2) is 4.39 Å². The third-order valence-electron chi connectivity index (χ3n) is 6.39. The number of piperidine rings is 2. The summed E-state index contributed by atoms with van der Waals surface area (Å²) in [4.78, 5) is 29.4. The zero-order valence-corrected chi connectivity index (χ0v) is 17.5. The number of likely N-dealkylation sites (tertiary alicyclic amines) is 2. The van der Waals surface area contributed by atoms with E-state index in [1.165, 1.54) is 12.5 Å². The minimum Gasteiger partial charge on any atom is -0.356 e. The number of carbonyl (C=O) groups is 2. The van der Waals surface area contributed by atoms with Crippen LogP contribution in [0.15, 0.2) is 24.3 Å². The summed E-state index contributed by atoms with van der Waals surface area (Å²) >= 11 is 0. The molecular weight excluding hydrogens is 369 g/mol. The van der Waals surface area contributed by atoms with Gasteiger partial charge in [0.25, 0.3) is 0 Å². The van der Waals surface area contributed by atoms with E-state index in [4.69, 9.17) is 0 Å². The predicted molar refractivity (Wildman–Crippen MR) is 112 cm³/mol. The Balaban J connectivity index is 1.37. The highest BCUT2D eigenvalue weighted by molar-refractivity contribution is 5.79. The third-order valence-corrected chi connectivity index (χ3v) is 6.39. The number of carbonyl (C=O) groups excluding carboxylic acids is 2. The van der Waals surface area contributed by atoms with E-state index < -0.39 is 0 Å². The fraction of sp³-hybridized carbons (Fsp3) is 0.652. The maximum Gasteiger partial charge on any atom is 0.236 e. The second-order valence-corrected chi connectivity index (χ2v) is 8.33. The molecule has 3 rings (SSSR count). The molecule has 2 aliphatic heterocycles. The van der Waals surface area contributed by atoms with Crippen molar-refractivity contribution >= 4 is 11.8 Å². The van der Waals surface area contributed by atoms with Crippen LogP contribution in [-0.4, -0.2) is 60.4 Å². The van der Waals surface area contributed by atoms with Gasteiger partial charge in [-0.2, -0.15) is 0 Å². The van der Waals surface area contributed by atoms with Crippen molar-refractivity contribution in [2.24, 2.45) is 5.92 Å². The predicted octanol–water partition coefficient (Wildman–Crippen LogP) is 2.99. The number of halogens is 1. The summed E-state index contributed by atoms with van der Waals surface area (Å²) in [6.45, 7) is 5.53. The summed E-state index contributed by atoms with van der Waals surface area (Å²) in [5.74, 6) is 0.0535. The fourth-order valence-corrected chi connectivity index (χ4v) is 4.55. The van der Waals surface area contributed by atoms with Gasteiger partial charge in [0.2, 0.25) is 11.8 Å². The Morgan fingerprint density at radius 3 is 2.59 bits per heavy atom. The van der Waals surface area contributed by atoms with Crippen LogP contribution in [0.5, 0.6) is 0 Å². The molecule has 2 aliphatic rings. The molecule has 1 unspecified atom stereocenters. The summed E-state index contributed by atoms with van der Waals surface area (Å²) in [7, 11) is 0. The Hall–Kier alpha value is -1.95. The molecule has 1 N–H and O–H groups in total. The molecule has 0 aliphatic carbocycles. The first-order chi connectivity index (χ1) is 14.1. The van der Waals surface area contributed by atoms with Crippen molar-refractivity contribution in [1.29, 1.82) is 0 Å². The van der Waals surface area contributed by atoms with Crippen LogP contribution in [0, 0.1) is 11.7 Å². The third kappa shape index (κ3) is 6.01. The highest BCUT2D eigenvalue weighted by Crippen LogP contribution is 2.21. The molecule has 160 valence electrons. The first kappa shape index (κ1) is 21.8. The van der Waals surface area contributed by atoms with Gasteiger partial charge in [0.15, 0.2) is 0 Å². The van der Waals surface area contributed by atoms with Crippen molar-refractivity contribution in [3.63, 3.8) is 0 Å². The van der Waals surface area contributed by atoms with E-state index in [0.717, 1.165) is 51.7 Å². The number of nitrogens with one attached hydrogen (secondary N) is 1. The van der Waals surface area contributed by atoms with Gasteiger partial charge in [-0.15, -0.1) is 0 Å². The Morgan fingerprint density at radius 1 is 1.10 bits per heavy atom. The molecule has 2 fully saturated rings. The molecule has 29 heavy (non-hydrogen) atoms. The molecule has 1 aromatic carbocycles. The van der Waals surface area contributed by atoms with E-state index in [0.29, 0.717) is 31.1 Å². The van der Waals surface area contributed by atoms with Crippen molar-refractivity contribution in [3.8, 4) is 0 Å². The molecule has 0 saturated carbocycles. The summed E-state index contributed by atoms with van der Waals surface area (Å²) in [6, 6.07) is 7.07. The van der Waals surface area contributed by atoms with E-state index in [2.05, 4.69) is 22.0 Å². The van der Waals surface area contributed by atoms with Gasteiger partial charge >= 0.3 is 0 Å². The van der Waals surface area contributed by atoms with Gasteiger partial charge in [-0.05, 0) is 69.7 Å². The lowest BCUT2D eigenvalue weighted by atomic mass is 9.95. The minimum atomic E-state index is -0.223. The molecule has 1 aromatic rings. The van der Waals surface area contributed by atoms with Crippen LogP contribution in [0.1, 0.15) is 51.0 Å². The maximum atomic E-state index is 13.6. The lowest BCUT2D eigenvalue weighted by Gasteiger charge is -2.38. The standard InChI is InChI=1S/C23H34FN3O2/c1-2-20-8-5-6-14-27(20)22(28)17-26-15-11-19(12-16-26)23(29)25-13-10-18-7-3-4-9-21(18)24/h3-4,7,9,19-20H,2,5-6,8,10-17H2,1H3,(H,25,29). The first-order valence-electron chi connectivity index (χ1n) is 11.1. The number of rotatable bonds is 7. The molecule has 5 nitrogen and oxygen atoms in total. The van der Waals surface area contributed by atoms with Crippen LogP contribution >= 0.6 is 0 Å². The number of nitrogens with zero attached hydrogens (tertiary/aromatic N) is 2. The molecule has 2 saturated heterocycles. The topological polar surface area (TPSA) is 52.7 Å². The fourth-order valence-electron chi connectivity index (χ4n) is 4.55. The molecule has 0 radical (unpaired) electrons. The molecule has 0 aromatic heterocycles. The number of hydrogen-bond acceptors (Lipinski definition) is 3. The second kappa shape index (κ2) is 10.7. The van der Waals surface area contributed by atoms with Crippen LogP contribution in [0.3, 0.4) is 0 Å². The molecule has 2 heterocycles. The minimum absolute atomic E-state index is 0.0136. The van der Waals surface area contributed by atoms with Crippen molar-refractivity contribution in [1.82, 2.24) is 15.1 Å². The molecular formula is C23H34FN3O2. The van der Waals surface area contributed by atoms with Crippen molar-refractivity contribution in [3.05, 3.63) is 35.6 Å². The van der Waals surface area contributed by atoms with E-state index >= 15 is 0 Å².